The number of rotatable bonds is 7. The molecule has 1 aliphatic heterocycles. The summed E-state index contributed by atoms with van der Waals surface area (Å²) in [4.78, 5) is 40.5. The Labute approximate surface area is 295 Å². The third kappa shape index (κ3) is 5.89. The van der Waals surface area contributed by atoms with Gasteiger partial charge in [0, 0.05) is 38.0 Å². The molecule has 1 heterocycles. The number of amides is 1. The highest BCUT2D eigenvalue weighted by molar-refractivity contribution is 7.88. The number of carbonyl (C=O) groups excluding carboxylic acids is 2. The van der Waals surface area contributed by atoms with E-state index in [9.17, 15) is 27.9 Å². The SMILES string of the molecule is CC(C)(CC(=O)O[C@H]1CC[C@@]2(C)C(CC[C@]3(C)C2CC[C@@H]2[C@H]4CCC[C@]4(CC(=O)N4CCN(S(C)(=O)=O)CC4)CC[C@]23C)C1(C)C)C(=O)O. The van der Waals surface area contributed by atoms with Crippen LogP contribution in [0, 0.1) is 56.2 Å². The fourth-order valence-electron chi connectivity index (χ4n) is 13.5. The average Bonchev–Trinajstić information content (AvgIpc) is 3.42. The monoisotopic (exact) mass is 704 g/mol. The molecule has 49 heavy (non-hydrogen) atoms. The second-order valence-corrected chi connectivity index (χ2v) is 21.4. The van der Waals surface area contributed by atoms with Crippen LogP contribution in [0.3, 0.4) is 0 Å². The van der Waals surface area contributed by atoms with Crippen LogP contribution in [0.25, 0.3) is 0 Å². The third-order valence-electron chi connectivity index (χ3n) is 16.5. The maximum Gasteiger partial charge on any atom is 0.309 e. The predicted octanol–water partition coefficient (Wildman–Crippen LogP) is 6.75. The van der Waals surface area contributed by atoms with Crippen molar-refractivity contribution in [2.45, 2.75) is 138 Å². The number of carbonyl (C=O) groups is 3. The van der Waals surface area contributed by atoms with Gasteiger partial charge in [0.1, 0.15) is 6.10 Å². The van der Waals surface area contributed by atoms with E-state index >= 15 is 0 Å². The van der Waals surface area contributed by atoms with Gasteiger partial charge in [-0.05, 0) is 123 Å². The van der Waals surface area contributed by atoms with Gasteiger partial charge < -0.3 is 14.7 Å². The molecular formula is C39H64N2O7S. The minimum Gasteiger partial charge on any atom is -0.481 e. The molecule has 0 radical (unpaired) electrons. The highest BCUT2D eigenvalue weighted by atomic mass is 32.2. The van der Waals surface area contributed by atoms with Gasteiger partial charge in [-0.2, -0.15) is 4.31 Å². The van der Waals surface area contributed by atoms with Gasteiger partial charge >= 0.3 is 11.9 Å². The summed E-state index contributed by atoms with van der Waals surface area (Å²) in [6.07, 6.45) is 13.9. The summed E-state index contributed by atoms with van der Waals surface area (Å²) in [5, 5.41) is 9.57. The van der Waals surface area contributed by atoms with Crippen molar-refractivity contribution < 1.29 is 32.6 Å². The molecule has 6 aliphatic rings. The van der Waals surface area contributed by atoms with Crippen LogP contribution < -0.4 is 0 Å². The lowest BCUT2D eigenvalue weighted by Gasteiger charge is -2.72. The van der Waals surface area contributed by atoms with Crippen LogP contribution in [0.2, 0.25) is 0 Å². The Morgan fingerprint density at radius 1 is 0.796 bits per heavy atom. The average molecular weight is 705 g/mol. The maximum atomic E-state index is 13.8. The van der Waals surface area contributed by atoms with Gasteiger partial charge in [0.2, 0.25) is 15.9 Å². The molecule has 1 amide bonds. The van der Waals surface area contributed by atoms with Crippen molar-refractivity contribution in [1.82, 2.24) is 9.21 Å². The first-order valence-electron chi connectivity index (χ1n) is 19.3. The van der Waals surface area contributed by atoms with Crippen LogP contribution in [-0.4, -0.2) is 79.1 Å². The quantitative estimate of drug-likeness (QED) is 0.291. The summed E-state index contributed by atoms with van der Waals surface area (Å²) in [6.45, 7) is 17.3. The zero-order valence-corrected chi connectivity index (χ0v) is 32.4. The number of hydrogen-bond donors (Lipinski definition) is 1. The van der Waals surface area contributed by atoms with Gasteiger partial charge in [-0.15, -0.1) is 0 Å². The fraction of sp³-hybridized carbons (Fsp3) is 0.923. The van der Waals surface area contributed by atoms with Crippen molar-refractivity contribution in [3.05, 3.63) is 0 Å². The molecule has 0 aromatic rings. The molecule has 0 aromatic heterocycles. The summed E-state index contributed by atoms with van der Waals surface area (Å²) in [5.41, 5.74) is -0.726. The molecule has 2 unspecified atom stereocenters. The Balaban J connectivity index is 1.17. The lowest BCUT2D eigenvalue weighted by molar-refractivity contribution is -0.248. The normalized spacial score (nSPS) is 42.3. The molecule has 6 rings (SSSR count). The van der Waals surface area contributed by atoms with E-state index in [0.29, 0.717) is 56.3 Å². The first-order valence-corrected chi connectivity index (χ1v) is 21.1. The lowest BCUT2D eigenvalue weighted by atomic mass is 9.32. The number of hydrogen-bond acceptors (Lipinski definition) is 6. The van der Waals surface area contributed by atoms with Crippen LogP contribution in [0.1, 0.15) is 132 Å². The first-order chi connectivity index (χ1) is 22.6. The molecule has 1 N–H and O–H groups in total. The summed E-state index contributed by atoms with van der Waals surface area (Å²) in [7, 11) is -3.23. The number of carboxylic acid groups (broad SMARTS) is 1. The number of ether oxygens (including phenoxy) is 1. The van der Waals surface area contributed by atoms with E-state index in [1.807, 2.05) is 4.90 Å². The molecule has 10 heteroatoms. The molecule has 0 aromatic carbocycles. The van der Waals surface area contributed by atoms with E-state index in [1.54, 1.807) is 13.8 Å². The third-order valence-corrected chi connectivity index (χ3v) is 17.8. The Bertz CT molecular complexity index is 1450. The number of carboxylic acids is 1. The van der Waals surface area contributed by atoms with Crippen LogP contribution in [-0.2, 0) is 29.1 Å². The van der Waals surface area contributed by atoms with Crippen molar-refractivity contribution in [1.29, 1.82) is 0 Å². The predicted molar refractivity (Wildman–Crippen MR) is 189 cm³/mol. The number of piperazine rings is 1. The van der Waals surface area contributed by atoms with Gasteiger partial charge in [0.05, 0.1) is 18.1 Å². The molecule has 5 saturated carbocycles. The van der Waals surface area contributed by atoms with Gasteiger partial charge in [-0.1, -0.05) is 41.0 Å². The largest absolute Gasteiger partial charge is 0.481 e. The molecular weight excluding hydrogens is 641 g/mol. The van der Waals surface area contributed by atoms with Crippen LogP contribution in [0.4, 0.5) is 0 Å². The Morgan fingerprint density at radius 2 is 1.47 bits per heavy atom. The second-order valence-electron chi connectivity index (χ2n) is 19.5. The molecule has 0 bridgehead atoms. The summed E-state index contributed by atoms with van der Waals surface area (Å²) >= 11 is 0. The minimum atomic E-state index is -3.23. The molecule has 5 aliphatic carbocycles. The fourth-order valence-corrected chi connectivity index (χ4v) is 14.3. The van der Waals surface area contributed by atoms with Crippen molar-refractivity contribution in [3.63, 3.8) is 0 Å². The number of aliphatic carboxylic acids is 1. The molecule has 1 saturated heterocycles. The van der Waals surface area contributed by atoms with Crippen LogP contribution >= 0.6 is 0 Å². The van der Waals surface area contributed by atoms with Crippen molar-refractivity contribution in [3.8, 4) is 0 Å². The summed E-state index contributed by atoms with van der Waals surface area (Å²) in [6, 6.07) is 0. The van der Waals surface area contributed by atoms with Crippen LogP contribution in [0.5, 0.6) is 0 Å². The number of esters is 1. The Morgan fingerprint density at radius 3 is 2.10 bits per heavy atom. The molecule has 0 spiro atoms. The topological polar surface area (TPSA) is 121 Å². The van der Waals surface area contributed by atoms with Gasteiger partial charge in [-0.3, -0.25) is 14.4 Å². The summed E-state index contributed by atoms with van der Waals surface area (Å²) in [5.74, 6) is 1.03. The van der Waals surface area contributed by atoms with E-state index < -0.39 is 27.4 Å². The molecule has 278 valence electrons. The molecule has 9 nitrogen and oxygen atoms in total. The van der Waals surface area contributed by atoms with E-state index in [2.05, 4.69) is 34.6 Å². The van der Waals surface area contributed by atoms with Gasteiger partial charge in [-0.25, -0.2) is 8.42 Å². The van der Waals surface area contributed by atoms with E-state index in [0.717, 1.165) is 32.1 Å². The first kappa shape index (κ1) is 37.1. The van der Waals surface area contributed by atoms with Crippen molar-refractivity contribution >= 4 is 27.9 Å². The molecule has 9 atom stereocenters. The molecule has 6 fully saturated rings. The van der Waals surface area contributed by atoms with E-state index in [1.165, 1.54) is 49.1 Å². The highest BCUT2D eigenvalue weighted by Crippen LogP contribution is 2.77. The zero-order chi connectivity index (χ0) is 36.0. The van der Waals surface area contributed by atoms with Crippen LogP contribution in [0.15, 0.2) is 0 Å². The van der Waals surface area contributed by atoms with Crippen molar-refractivity contribution in [2.24, 2.45) is 56.2 Å². The minimum absolute atomic E-state index is 0.0681. The Kier molecular flexibility index (Phi) is 9.23. The van der Waals surface area contributed by atoms with Gasteiger partial charge in [0.25, 0.3) is 0 Å². The van der Waals surface area contributed by atoms with E-state index in [4.69, 9.17) is 4.74 Å². The van der Waals surface area contributed by atoms with E-state index in [-0.39, 0.29) is 45.5 Å². The Hall–Kier alpha value is -1.68. The summed E-state index contributed by atoms with van der Waals surface area (Å²) < 4.78 is 31.7. The number of fused-ring (bicyclic) bond motifs is 7. The smallest absolute Gasteiger partial charge is 0.309 e. The second kappa shape index (κ2) is 12.2. The van der Waals surface area contributed by atoms with Gasteiger partial charge in [0.15, 0.2) is 0 Å². The maximum absolute atomic E-state index is 13.8. The standard InChI is InChI=1S/C39H64N2O7S/c1-34(2,33(44)45)25-32(43)48-30-14-16-36(5)28(35(30,3)4)13-17-38(7)29(36)12-11-26-27-10-9-15-39(27,19-18-37(26,38)6)24-31(42)40-20-22-41(23-21-40)49(8,46)47/h26-30H,9-25H2,1-8H3,(H,44,45)/t26-,27-,28?,29?,30+,36+,37-,38-,39-/m1/s1. The zero-order valence-electron chi connectivity index (χ0n) is 31.6. The highest BCUT2D eigenvalue weighted by Gasteiger charge is 2.70. The number of nitrogens with zero attached hydrogens (tertiary/aromatic N) is 2. The van der Waals surface area contributed by atoms with Crippen molar-refractivity contribution in [2.75, 3.05) is 32.4 Å². The number of sulfonamides is 1. The lowest BCUT2D eigenvalue weighted by Crippen LogP contribution is -2.66.